The zero-order chi connectivity index (χ0) is 50.9. The molecule has 10 rings (SSSR count). The van der Waals surface area contributed by atoms with Gasteiger partial charge in [0.15, 0.2) is 11.4 Å². The number of hydrogen-bond acceptors (Lipinski definition) is 11. The van der Waals surface area contributed by atoms with Crippen molar-refractivity contribution in [3.05, 3.63) is 118 Å². The summed E-state index contributed by atoms with van der Waals surface area (Å²) in [5, 5.41) is 20.3. The molecule has 0 aromatic heterocycles. The number of esters is 3. The summed E-state index contributed by atoms with van der Waals surface area (Å²) in [5.41, 5.74) is 6.54. The lowest BCUT2D eigenvalue weighted by atomic mass is 9.48. The molecular weight excluding hydrogens is 893 g/mol. The van der Waals surface area contributed by atoms with Gasteiger partial charge in [-0.05, 0) is 200 Å². The molecule has 71 heavy (non-hydrogen) atoms. The molecule has 11 heteroatoms. The number of phenolic OH excluding ortho intramolecular Hbond substituents is 2. The van der Waals surface area contributed by atoms with Crippen molar-refractivity contribution in [2.24, 2.45) is 34.5 Å². The average Bonchev–Trinajstić information content (AvgIpc) is 3.80. The second kappa shape index (κ2) is 18.6. The van der Waals surface area contributed by atoms with Gasteiger partial charge in [0.2, 0.25) is 5.60 Å². The van der Waals surface area contributed by atoms with E-state index < -0.39 is 34.0 Å². The third-order valence-electron chi connectivity index (χ3n) is 19.1. The highest BCUT2D eigenvalue weighted by Crippen LogP contribution is 2.70. The predicted molar refractivity (Wildman–Crippen MR) is 275 cm³/mol. The Labute approximate surface area is 420 Å². The lowest BCUT2D eigenvalue weighted by Crippen LogP contribution is -2.58. The minimum absolute atomic E-state index is 0.0287. The predicted octanol–water partition coefficient (Wildman–Crippen LogP) is 10.8. The molecule has 0 saturated heterocycles. The highest BCUT2D eigenvalue weighted by atomic mass is 16.6. The van der Waals surface area contributed by atoms with Crippen molar-refractivity contribution in [2.45, 2.75) is 134 Å². The number of phenols is 2. The van der Waals surface area contributed by atoms with E-state index >= 15 is 0 Å². The number of hydrogen-bond donors (Lipinski definition) is 2. The van der Waals surface area contributed by atoms with Crippen LogP contribution in [-0.4, -0.2) is 80.4 Å². The van der Waals surface area contributed by atoms with Crippen LogP contribution in [0.2, 0.25) is 0 Å². The monoisotopic (exact) mass is 967 g/mol. The quantitative estimate of drug-likeness (QED) is 0.129. The van der Waals surface area contributed by atoms with Crippen LogP contribution in [0.4, 0.5) is 11.4 Å². The number of benzene rings is 4. The number of ether oxygens (including phenoxy) is 3. The summed E-state index contributed by atoms with van der Waals surface area (Å²) >= 11 is 0. The van der Waals surface area contributed by atoms with E-state index in [1.54, 1.807) is 13.0 Å². The van der Waals surface area contributed by atoms with Crippen molar-refractivity contribution < 1.29 is 43.6 Å². The molecule has 0 aliphatic heterocycles. The van der Waals surface area contributed by atoms with Crippen molar-refractivity contribution in [1.82, 2.24) is 0 Å². The van der Waals surface area contributed by atoms with Crippen molar-refractivity contribution >= 4 is 35.1 Å². The normalized spacial score (nSPS) is 32.9. The van der Waals surface area contributed by atoms with Crippen LogP contribution in [0.3, 0.4) is 0 Å². The number of nitrogens with zero attached hydrogens (tertiary/aromatic N) is 2. The van der Waals surface area contributed by atoms with Crippen LogP contribution in [0.15, 0.2) is 84.9 Å². The number of Topliss-reactive ketones (excluding diaryl/α,β-unsaturated/α-hetero) is 1. The third kappa shape index (κ3) is 8.17. The van der Waals surface area contributed by atoms with E-state index in [0.29, 0.717) is 54.4 Å². The van der Waals surface area contributed by atoms with Gasteiger partial charge in [-0.25, -0.2) is 4.79 Å². The first-order valence-corrected chi connectivity index (χ1v) is 25.9. The smallest absolute Gasteiger partial charge is 0.350 e. The Bertz CT molecular complexity index is 2700. The molecule has 0 radical (unpaired) electrons. The van der Waals surface area contributed by atoms with Crippen LogP contribution in [0, 0.1) is 34.5 Å². The summed E-state index contributed by atoms with van der Waals surface area (Å²) < 4.78 is 17.3. The van der Waals surface area contributed by atoms with Crippen LogP contribution in [0.25, 0.3) is 0 Å². The molecule has 0 spiro atoms. The van der Waals surface area contributed by atoms with Crippen molar-refractivity contribution in [2.75, 3.05) is 45.1 Å². The van der Waals surface area contributed by atoms with Gasteiger partial charge in [-0.3, -0.25) is 14.4 Å². The maximum atomic E-state index is 13.4. The van der Waals surface area contributed by atoms with Crippen LogP contribution in [-0.2, 0) is 46.2 Å². The summed E-state index contributed by atoms with van der Waals surface area (Å²) in [6, 6.07) is 29.2. The standard InChI is InChI=1S/C30H37NO5.C30H37NO4/c1-18(32)36-30(28(34)35-5)15-14-26-24-12-8-20-16-22(33)11-13-23(20)27(24)25(17-29(26,30)2)19-6-9-21(10-7-19)31(3)4;1-18(32)30(35-19(2)33)15-14-27-25-12-8-21-16-23(34)11-13-24(21)28(25)26(17-29(27,30)3)20-6-9-22(10-7-20)31(4)5/h6-7,9-11,13,16,24-27,33H,8,12,14-15,17H2,1-5H3;6-7,9-11,13,16,25-28,34H,8,12,14-15,17H2,1-5H3/t24?,25?,26?,27?,29-,30-;25?,26?,27?,28?,29-,30-/m00/s1. The molecule has 378 valence electrons. The molecule has 0 heterocycles. The Morgan fingerprint density at radius 2 is 0.958 bits per heavy atom. The topological polar surface area (TPSA) is 143 Å². The summed E-state index contributed by atoms with van der Waals surface area (Å²) in [6.07, 6.45) is 8.10. The molecule has 8 unspecified atom stereocenters. The maximum Gasteiger partial charge on any atom is 0.350 e. The van der Waals surface area contributed by atoms with Crippen LogP contribution in [0.1, 0.15) is 143 Å². The average molecular weight is 967 g/mol. The zero-order valence-corrected chi connectivity index (χ0v) is 43.4. The fraction of sp³-hybridized carbons (Fsp3) is 0.533. The van der Waals surface area contributed by atoms with Gasteiger partial charge in [0, 0.05) is 64.2 Å². The van der Waals surface area contributed by atoms with E-state index in [1.807, 2.05) is 46.4 Å². The number of methoxy groups -OCH3 is 1. The fourth-order valence-electron chi connectivity index (χ4n) is 16.1. The van der Waals surface area contributed by atoms with Gasteiger partial charge in [-0.2, -0.15) is 0 Å². The molecule has 4 saturated carbocycles. The van der Waals surface area contributed by atoms with Crippen molar-refractivity contribution in [3.8, 4) is 11.5 Å². The lowest BCUT2D eigenvalue weighted by molar-refractivity contribution is -0.200. The molecule has 6 aliphatic rings. The Kier molecular flexibility index (Phi) is 13.2. The number of anilines is 2. The van der Waals surface area contributed by atoms with Gasteiger partial charge in [0.05, 0.1) is 7.11 Å². The first-order valence-electron chi connectivity index (χ1n) is 25.9. The largest absolute Gasteiger partial charge is 0.508 e. The van der Waals surface area contributed by atoms with E-state index in [1.165, 1.54) is 54.3 Å². The Morgan fingerprint density at radius 3 is 1.34 bits per heavy atom. The number of aryl methyl sites for hydroxylation is 2. The van der Waals surface area contributed by atoms with Gasteiger partial charge in [-0.1, -0.05) is 50.2 Å². The Balaban J connectivity index is 0.000000176. The summed E-state index contributed by atoms with van der Waals surface area (Å²) in [4.78, 5) is 55.3. The van der Waals surface area contributed by atoms with E-state index in [9.17, 15) is 29.4 Å². The van der Waals surface area contributed by atoms with Crippen LogP contribution < -0.4 is 9.80 Å². The maximum absolute atomic E-state index is 13.4. The van der Waals surface area contributed by atoms with Gasteiger partial charge in [-0.15, -0.1) is 0 Å². The van der Waals surface area contributed by atoms with Gasteiger partial charge < -0.3 is 34.2 Å². The van der Waals surface area contributed by atoms with E-state index in [-0.39, 0.29) is 35.4 Å². The Hall–Kier alpha value is -5.84. The van der Waals surface area contributed by atoms with Crippen molar-refractivity contribution in [3.63, 3.8) is 0 Å². The third-order valence-corrected chi connectivity index (χ3v) is 19.1. The molecular formula is C60H74N2O9. The van der Waals surface area contributed by atoms with Crippen molar-refractivity contribution in [1.29, 1.82) is 0 Å². The number of aromatic hydroxyl groups is 2. The zero-order valence-electron chi connectivity index (χ0n) is 43.4. The number of carbonyl (C=O) groups is 4. The van der Waals surface area contributed by atoms with E-state index in [4.69, 9.17) is 14.2 Å². The molecule has 4 fully saturated rings. The number of rotatable bonds is 8. The molecule has 11 nitrogen and oxygen atoms in total. The molecule has 0 bridgehead atoms. The highest BCUT2D eigenvalue weighted by Gasteiger charge is 2.70. The summed E-state index contributed by atoms with van der Waals surface area (Å²) in [6.45, 7) is 8.76. The summed E-state index contributed by atoms with van der Waals surface area (Å²) in [5.74, 6) is 1.48. The highest BCUT2D eigenvalue weighted by molar-refractivity contribution is 5.89. The molecule has 6 aliphatic carbocycles. The molecule has 12 atom stereocenters. The number of ketones is 1. The van der Waals surface area contributed by atoms with E-state index in [2.05, 4.69) is 84.3 Å². The molecule has 2 N–H and O–H groups in total. The Morgan fingerprint density at radius 1 is 0.563 bits per heavy atom. The second-order valence-electron chi connectivity index (χ2n) is 22.8. The van der Waals surface area contributed by atoms with Crippen LogP contribution >= 0.6 is 0 Å². The summed E-state index contributed by atoms with van der Waals surface area (Å²) in [7, 11) is 9.53. The molecule has 0 amide bonds. The second-order valence-corrected chi connectivity index (χ2v) is 22.8. The minimum atomic E-state index is -1.28. The minimum Gasteiger partial charge on any atom is -0.508 e. The fourth-order valence-corrected chi connectivity index (χ4v) is 16.1. The first-order chi connectivity index (χ1) is 33.7. The number of carbonyl (C=O) groups excluding carboxylic acids is 4. The van der Waals surface area contributed by atoms with E-state index in [0.717, 1.165) is 56.3 Å². The van der Waals surface area contributed by atoms with Gasteiger partial charge in [0.25, 0.3) is 0 Å². The molecule has 4 aromatic carbocycles. The van der Waals surface area contributed by atoms with Gasteiger partial charge >= 0.3 is 17.9 Å². The van der Waals surface area contributed by atoms with Crippen LogP contribution in [0.5, 0.6) is 11.5 Å². The number of fused-ring (bicyclic) bond motifs is 10. The molecule has 4 aromatic rings. The SMILES string of the molecule is CC(=O)O[C@]1(C(C)=O)CCC2C3CCc4cc(O)ccc4C3C(c3ccc(N(C)C)cc3)C[C@@]21C.COC(=O)[C@@]1(OC(C)=O)CCC2C3CCc4cc(O)ccc4C3C(c3ccc(N(C)C)cc3)C[C@@]21C. The first kappa shape index (κ1) is 50.1. The van der Waals surface area contributed by atoms with Gasteiger partial charge in [0.1, 0.15) is 11.5 Å². The lowest BCUT2D eigenvalue weighted by Gasteiger charge is -2.56.